The second-order valence-electron chi connectivity index (χ2n) is 7.53. The van der Waals surface area contributed by atoms with Crippen LogP contribution in [-0.4, -0.2) is 28.0 Å². The van der Waals surface area contributed by atoms with Gasteiger partial charge in [0.05, 0.1) is 16.3 Å². The number of sulfonamides is 1. The van der Waals surface area contributed by atoms with Gasteiger partial charge in [-0.2, -0.15) is 0 Å². The van der Waals surface area contributed by atoms with Crippen molar-refractivity contribution >= 4 is 39.1 Å². The first-order valence-electron chi connectivity index (χ1n) is 10.8. The van der Waals surface area contributed by atoms with Crippen molar-refractivity contribution in [2.45, 2.75) is 14.7 Å². The largest absolute Gasteiger partial charge is 0.484 e. The maximum Gasteiger partial charge on any atom is 0.264 e. The number of benzene rings is 4. The van der Waals surface area contributed by atoms with Gasteiger partial charge in [0, 0.05) is 16.8 Å². The molecule has 0 heterocycles. The third-order valence-electron chi connectivity index (χ3n) is 5.10. The number of amides is 1. The molecular formula is C27H24N2O4S2. The molecule has 8 heteroatoms. The van der Waals surface area contributed by atoms with E-state index in [4.69, 9.17) is 4.74 Å². The smallest absolute Gasteiger partial charge is 0.264 e. The minimum Gasteiger partial charge on any atom is -0.484 e. The average molecular weight is 505 g/mol. The Morgan fingerprint density at radius 2 is 1.43 bits per heavy atom. The number of carbonyl (C=O) groups is 1. The van der Waals surface area contributed by atoms with Crippen LogP contribution in [0, 0.1) is 0 Å². The fourth-order valence-electron chi connectivity index (χ4n) is 3.25. The molecule has 0 saturated carbocycles. The van der Waals surface area contributed by atoms with E-state index in [0.717, 1.165) is 9.79 Å². The third-order valence-corrected chi connectivity index (χ3v) is 7.99. The first-order valence-corrected chi connectivity index (χ1v) is 13.1. The highest BCUT2D eigenvalue weighted by molar-refractivity contribution is 7.99. The minimum absolute atomic E-state index is 0.179. The Kier molecular flexibility index (Phi) is 7.74. The summed E-state index contributed by atoms with van der Waals surface area (Å²) in [6.07, 6.45) is 0. The first kappa shape index (κ1) is 24.4. The van der Waals surface area contributed by atoms with Gasteiger partial charge in [-0.25, -0.2) is 8.42 Å². The Balaban J connectivity index is 1.36. The van der Waals surface area contributed by atoms with Crippen molar-refractivity contribution in [2.24, 2.45) is 0 Å². The molecule has 0 aliphatic heterocycles. The lowest BCUT2D eigenvalue weighted by atomic mass is 10.3. The van der Waals surface area contributed by atoms with Crippen LogP contribution in [0.25, 0.3) is 0 Å². The molecule has 35 heavy (non-hydrogen) atoms. The van der Waals surface area contributed by atoms with Gasteiger partial charge in [0.25, 0.3) is 15.9 Å². The van der Waals surface area contributed by atoms with Gasteiger partial charge in [-0.15, -0.1) is 0 Å². The fourth-order valence-corrected chi connectivity index (χ4v) is 5.39. The summed E-state index contributed by atoms with van der Waals surface area (Å²) in [5.41, 5.74) is 1.19. The molecule has 178 valence electrons. The van der Waals surface area contributed by atoms with Crippen molar-refractivity contribution in [1.82, 2.24) is 0 Å². The summed E-state index contributed by atoms with van der Waals surface area (Å²) in [6.45, 7) is -0.179. The summed E-state index contributed by atoms with van der Waals surface area (Å²) in [7, 11) is -2.17. The topological polar surface area (TPSA) is 75.7 Å². The van der Waals surface area contributed by atoms with E-state index >= 15 is 0 Å². The van der Waals surface area contributed by atoms with Gasteiger partial charge < -0.3 is 10.1 Å². The van der Waals surface area contributed by atoms with Crippen molar-refractivity contribution in [1.29, 1.82) is 0 Å². The molecule has 6 nitrogen and oxygen atoms in total. The van der Waals surface area contributed by atoms with Crippen molar-refractivity contribution < 1.29 is 17.9 Å². The van der Waals surface area contributed by atoms with Crippen LogP contribution in [-0.2, 0) is 14.8 Å². The molecule has 0 aromatic heterocycles. The minimum atomic E-state index is -3.67. The van der Waals surface area contributed by atoms with Crippen LogP contribution in [0.15, 0.2) is 124 Å². The highest BCUT2D eigenvalue weighted by Crippen LogP contribution is 2.33. The second kappa shape index (κ2) is 11.1. The summed E-state index contributed by atoms with van der Waals surface area (Å²) < 4.78 is 32.4. The molecule has 0 unspecified atom stereocenters. The molecule has 1 N–H and O–H groups in total. The zero-order valence-corrected chi connectivity index (χ0v) is 20.6. The lowest BCUT2D eigenvalue weighted by Gasteiger charge is -2.19. The number of carbonyl (C=O) groups excluding carboxylic acids is 1. The highest BCUT2D eigenvalue weighted by atomic mass is 32.2. The molecule has 0 atom stereocenters. The van der Waals surface area contributed by atoms with Gasteiger partial charge in [0.1, 0.15) is 5.75 Å². The molecular weight excluding hydrogens is 480 g/mol. The molecule has 4 rings (SSSR count). The number of para-hydroxylation sites is 1. The summed E-state index contributed by atoms with van der Waals surface area (Å²) >= 11 is 1.57. The van der Waals surface area contributed by atoms with Gasteiger partial charge >= 0.3 is 0 Å². The Hall–Kier alpha value is -3.75. The second-order valence-corrected chi connectivity index (χ2v) is 10.6. The normalized spacial score (nSPS) is 11.0. The van der Waals surface area contributed by atoms with Gasteiger partial charge in [-0.3, -0.25) is 9.10 Å². The Labute approximate surface area is 209 Å². The maximum absolute atomic E-state index is 12.8. The van der Waals surface area contributed by atoms with E-state index in [-0.39, 0.29) is 17.4 Å². The number of nitrogens with one attached hydrogen (secondary N) is 1. The summed E-state index contributed by atoms with van der Waals surface area (Å²) in [4.78, 5) is 14.7. The van der Waals surface area contributed by atoms with Gasteiger partial charge in [0.15, 0.2) is 6.61 Å². The lowest BCUT2D eigenvalue weighted by Crippen LogP contribution is -2.26. The molecule has 4 aromatic rings. The predicted molar refractivity (Wildman–Crippen MR) is 140 cm³/mol. The van der Waals surface area contributed by atoms with Crippen LogP contribution in [0.3, 0.4) is 0 Å². The summed E-state index contributed by atoms with van der Waals surface area (Å²) in [5.74, 6) is 0.167. The average Bonchev–Trinajstić information content (AvgIpc) is 2.89. The maximum atomic E-state index is 12.8. The molecule has 0 radical (unpaired) electrons. The number of hydrogen-bond donors (Lipinski definition) is 1. The molecule has 0 saturated heterocycles. The molecule has 0 spiro atoms. The Morgan fingerprint density at radius 1 is 0.829 bits per heavy atom. The molecule has 0 fully saturated rings. The molecule has 1 amide bonds. The monoisotopic (exact) mass is 504 g/mol. The standard InChI is InChI=1S/C27H24N2O4S2/c1-29(35(31,32)24-12-6-3-7-13-24)21-16-18-22(19-17-21)33-20-27(30)28-25-14-8-9-15-26(25)34-23-10-4-2-5-11-23/h2-19H,20H2,1H3,(H,28,30). The van der Waals surface area contributed by atoms with Crippen LogP contribution in [0.1, 0.15) is 0 Å². The summed E-state index contributed by atoms with van der Waals surface area (Å²) in [6, 6.07) is 32.3. The van der Waals surface area contributed by atoms with Crippen LogP contribution < -0.4 is 14.4 Å². The van der Waals surface area contributed by atoms with Crippen molar-refractivity contribution in [3.63, 3.8) is 0 Å². The van der Waals surface area contributed by atoms with Crippen molar-refractivity contribution in [2.75, 3.05) is 23.3 Å². The Morgan fingerprint density at radius 3 is 2.11 bits per heavy atom. The number of anilines is 2. The lowest BCUT2D eigenvalue weighted by molar-refractivity contribution is -0.118. The zero-order chi connectivity index (χ0) is 24.7. The number of rotatable bonds is 9. The number of nitrogens with zero attached hydrogens (tertiary/aromatic N) is 1. The highest BCUT2D eigenvalue weighted by Gasteiger charge is 2.20. The van der Waals surface area contributed by atoms with Gasteiger partial charge in [0.2, 0.25) is 0 Å². The van der Waals surface area contributed by atoms with Crippen LogP contribution in [0.4, 0.5) is 11.4 Å². The van der Waals surface area contributed by atoms with Gasteiger partial charge in [-0.05, 0) is 60.7 Å². The molecule has 0 bridgehead atoms. The fraction of sp³-hybridized carbons (Fsp3) is 0.0741. The van der Waals surface area contributed by atoms with Crippen molar-refractivity contribution in [3.05, 3.63) is 109 Å². The molecule has 4 aromatic carbocycles. The van der Waals surface area contributed by atoms with E-state index < -0.39 is 10.0 Å². The third kappa shape index (κ3) is 6.23. The van der Waals surface area contributed by atoms with E-state index in [1.54, 1.807) is 66.4 Å². The van der Waals surface area contributed by atoms with Crippen LogP contribution in [0.5, 0.6) is 5.75 Å². The number of hydrogen-bond acceptors (Lipinski definition) is 5. The van der Waals surface area contributed by atoms with Crippen LogP contribution in [0.2, 0.25) is 0 Å². The zero-order valence-electron chi connectivity index (χ0n) is 19.0. The number of ether oxygens (including phenoxy) is 1. The molecule has 0 aliphatic rings. The van der Waals surface area contributed by atoms with Crippen molar-refractivity contribution in [3.8, 4) is 5.75 Å². The van der Waals surface area contributed by atoms with E-state index in [1.165, 1.54) is 11.4 Å². The SMILES string of the molecule is CN(c1ccc(OCC(=O)Nc2ccccc2Sc2ccccc2)cc1)S(=O)(=O)c1ccccc1. The Bertz CT molecular complexity index is 1380. The van der Waals surface area contributed by atoms with E-state index in [1.807, 2.05) is 54.6 Å². The summed E-state index contributed by atoms with van der Waals surface area (Å²) in [5, 5.41) is 2.90. The quantitative estimate of drug-likeness (QED) is 0.317. The van der Waals surface area contributed by atoms with Crippen LogP contribution >= 0.6 is 11.8 Å². The van der Waals surface area contributed by atoms with E-state index in [9.17, 15) is 13.2 Å². The van der Waals surface area contributed by atoms with E-state index in [0.29, 0.717) is 17.1 Å². The molecule has 0 aliphatic carbocycles. The van der Waals surface area contributed by atoms with Gasteiger partial charge in [-0.1, -0.05) is 60.3 Å². The van der Waals surface area contributed by atoms with E-state index in [2.05, 4.69) is 5.32 Å². The first-order chi connectivity index (χ1) is 16.9. The predicted octanol–water partition coefficient (Wildman–Crippen LogP) is 5.68.